The lowest BCUT2D eigenvalue weighted by molar-refractivity contribution is 0.503. The average Bonchev–Trinajstić information content (AvgIpc) is 2.68. The Morgan fingerprint density at radius 3 is 2.67 bits per heavy atom. The lowest BCUT2D eigenvalue weighted by Crippen LogP contribution is -1.79. The van der Waals surface area contributed by atoms with E-state index in [2.05, 4.69) is 11.9 Å². The van der Waals surface area contributed by atoms with Crippen LogP contribution < -0.4 is 0 Å². The molecular weight excluding hydrogens is 210 g/mol. The van der Waals surface area contributed by atoms with E-state index in [1.807, 2.05) is 24.3 Å². The molecule has 1 aromatic carbocycles. The minimum atomic E-state index is 0.729. The molecule has 0 saturated heterocycles. The quantitative estimate of drug-likeness (QED) is 0.785. The topological polar surface area (TPSA) is 26.0 Å². The van der Waals surface area contributed by atoms with Gasteiger partial charge in [0.2, 0.25) is 0 Å². The highest BCUT2D eigenvalue weighted by Gasteiger charge is 2.04. The molecule has 0 radical (unpaired) electrons. The summed E-state index contributed by atoms with van der Waals surface area (Å²) in [5.41, 5.74) is 1.01. The summed E-state index contributed by atoms with van der Waals surface area (Å²) in [6.45, 7) is 2.10. The van der Waals surface area contributed by atoms with Gasteiger partial charge in [0.05, 0.1) is 6.20 Å². The Balaban J connectivity index is 2.25. The number of oxazole rings is 1. The summed E-state index contributed by atoms with van der Waals surface area (Å²) in [5, 5.41) is 0.729. The number of aryl methyl sites for hydroxylation is 1. The first-order valence-electron chi connectivity index (χ1n) is 5.00. The van der Waals surface area contributed by atoms with Crippen molar-refractivity contribution in [2.24, 2.45) is 0 Å². The maximum absolute atomic E-state index is 5.81. The summed E-state index contributed by atoms with van der Waals surface area (Å²) >= 11 is 5.81. The van der Waals surface area contributed by atoms with Crippen LogP contribution in [0.4, 0.5) is 0 Å². The van der Waals surface area contributed by atoms with Gasteiger partial charge in [-0.1, -0.05) is 18.5 Å². The lowest BCUT2D eigenvalue weighted by Gasteiger charge is -1.95. The van der Waals surface area contributed by atoms with Crippen molar-refractivity contribution in [3.63, 3.8) is 0 Å². The molecule has 0 spiro atoms. The zero-order valence-corrected chi connectivity index (χ0v) is 9.29. The van der Waals surface area contributed by atoms with E-state index in [-0.39, 0.29) is 0 Å². The van der Waals surface area contributed by atoms with Crippen LogP contribution in [0.5, 0.6) is 0 Å². The van der Waals surface area contributed by atoms with Gasteiger partial charge in [0.15, 0.2) is 11.7 Å². The van der Waals surface area contributed by atoms with Crippen molar-refractivity contribution in [2.75, 3.05) is 0 Å². The molecule has 0 aliphatic rings. The zero-order valence-electron chi connectivity index (χ0n) is 8.53. The van der Waals surface area contributed by atoms with Gasteiger partial charge < -0.3 is 4.42 Å². The van der Waals surface area contributed by atoms with E-state index in [1.165, 1.54) is 0 Å². The molecule has 0 atom stereocenters. The maximum atomic E-state index is 5.81. The van der Waals surface area contributed by atoms with Crippen LogP contribution in [0.3, 0.4) is 0 Å². The van der Waals surface area contributed by atoms with Gasteiger partial charge in [0.1, 0.15) is 0 Å². The average molecular weight is 222 g/mol. The molecule has 0 amide bonds. The minimum Gasteiger partial charge on any atom is -0.441 e. The highest BCUT2D eigenvalue weighted by molar-refractivity contribution is 6.30. The van der Waals surface area contributed by atoms with Crippen LogP contribution in [0, 0.1) is 0 Å². The number of hydrogen-bond acceptors (Lipinski definition) is 2. The van der Waals surface area contributed by atoms with Gasteiger partial charge in [0.25, 0.3) is 0 Å². The van der Waals surface area contributed by atoms with Crippen LogP contribution in [0.25, 0.3) is 11.3 Å². The first-order valence-corrected chi connectivity index (χ1v) is 5.38. The molecule has 1 aromatic heterocycles. The molecule has 1 heterocycles. The summed E-state index contributed by atoms with van der Waals surface area (Å²) in [7, 11) is 0. The van der Waals surface area contributed by atoms with Crippen LogP contribution >= 0.6 is 11.6 Å². The molecule has 0 unspecified atom stereocenters. The van der Waals surface area contributed by atoms with E-state index in [0.717, 1.165) is 35.1 Å². The molecule has 2 nitrogen and oxygen atoms in total. The van der Waals surface area contributed by atoms with Crippen molar-refractivity contribution >= 4 is 11.6 Å². The third-order valence-corrected chi connectivity index (χ3v) is 2.40. The summed E-state index contributed by atoms with van der Waals surface area (Å²) in [6, 6.07) is 7.55. The smallest absolute Gasteiger partial charge is 0.194 e. The number of aromatic nitrogens is 1. The fraction of sp³-hybridized carbons (Fsp3) is 0.250. The summed E-state index contributed by atoms with van der Waals surface area (Å²) in [5.74, 6) is 1.59. The second-order valence-corrected chi connectivity index (χ2v) is 3.81. The monoisotopic (exact) mass is 221 g/mol. The van der Waals surface area contributed by atoms with Gasteiger partial charge in [-0.25, -0.2) is 4.98 Å². The summed E-state index contributed by atoms with van der Waals surface area (Å²) in [4.78, 5) is 4.21. The Hall–Kier alpha value is -1.28. The van der Waals surface area contributed by atoms with Crippen LogP contribution in [0.2, 0.25) is 5.02 Å². The molecule has 0 bridgehead atoms. The van der Waals surface area contributed by atoms with Gasteiger partial charge in [-0.05, 0) is 30.7 Å². The van der Waals surface area contributed by atoms with E-state index >= 15 is 0 Å². The Morgan fingerprint density at radius 1 is 1.27 bits per heavy atom. The molecule has 15 heavy (non-hydrogen) atoms. The van der Waals surface area contributed by atoms with E-state index in [1.54, 1.807) is 6.20 Å². The SMILES string of the molecule is CCCc1ncc(-c2ccc(Cl)cc2)o1. The van der Waals surface area contributed by atoms with Crippen LogP contribution in [0.1, 0.15) is 19.2 Å². The largest absolute Gasteiger partial charge is 0.441 e. The first-order chi connectivity index (χ1) is 7.29. The molecule has 78 valence electrons. The highest BCUT2D eigenvalue weighted by Crippen LogP contribution is 2.22. The number of rotatable bonds is 3. The second kappa shape index (κ2) is 4.49. The molecule has 0 N–H and O–H groups in total. The standard InChI is InChI=1S/C12H12ClNO/c1-2-3-12-14-8-11(15-12)9-4-6-10(13)7-5-9/h4-8H,2-3H2,1H3. The van der Waals surface area contributed by atoms with Gasteiger partial charge in [-0.2, -0.15) is 0 Å². The van der Waals surface area contributed by atoms with Gasteiger partial charge in [-0.3, -0.25) is 0 Å². The molecule has 0 aliphatic carbocycles. The third kappa shape index (κ3) is 2.39. The van der Waals surface area contributed by atoms with Gasteiger partial charge in [0, 0.05) is 17.0 Å². The fourth-order valence-corrected chi connectivity index (χ4v) is 1.51. The molecule has 2 aromatic rings. The molecule has 2 rings (SSSR count). The van der Waals surface area contributed by atoms with Crippen molar-refractivity contribution in [1.82, 2.24) is 4.98 Å². The highest BCUT2D eigenvalue weighted by atomic mass is 35.5. The van der Waals surface area contributed by atoms with Crippen LogP contribution in [0.15, 0.2) is 34.9 Å². The van der Waals surface area contributed by atoms with Gasteiger partial charge in [-0.15, -0.1) is 0 Å². The van der Waals surface area contributed by atoms with E-state index in [9.17, 15) is 0 Å². The maximum Gasteiger partial charge on any atom is 0.194 e. The normalized spacial score (nSPS) is 10.5. The Labute approximate surface area is 93.9 Å². The lowest BCUT2D eigenvalue weighted by atomic mass is 10.2. The zero-order chi connectivity index (χ0) is 10.7. The predicted octanol–water partition coefficient (Wildman–Crippen LogP) is 3.95. The van der Waals surface area contributed by atoms with Crippen LogP contribution in [-0.2, 0) is 6.42 Å². The van der Waals surface area contributed by atoms with E-state index in [4.69, 9.17) is 16.0 Å². The minimum absolute atomic E-state index is 0.729. The molecule has 0 fully saturated rings. The fourth-order valence-electron chi connectivity index (χ4n) is 1.39. The number of nitrogens with zero attached hydrogens (tertiary/aromatic N) is 1. The van der Waals surface area contributed by atoms with Crippen molar-refractivity contribution in [3.8, 4) is 11.3 Å². The van der Waals surface area contributed by atoms with Crippen molar-refractivity contribution in [3.05, 3.63) is 41.4 Å². The van der Waals surface area contributed by atoms with Crippen molar-refractivity contribution in [1.29, 1.82) is 0 Å². The second-order valence-electron chi connectivity index (χ2n) is 3.38. The molecule has 3 heteroatoms. The van der Waals surface area contributed by atoms with Crippen LogP contribution in [-0.4, -0.2) is 4.98 Å². The van der Waals surface area contributed by atoms with E-state index < -0.39 is 0 Å². The van der Waals surface area contributed by atoms with E-state index in [0.29, 0.717) is 0 Å². The van der Waals surface area contributed by atoms with Gasteiger partial charge >= 0.3 is 0 Å². The van der Waals surface area contributed by atoms with Crippen molar-refractivity contribution < 1.29 is 4.42 Å². The molecular formula is C12H12ClNO. The summed E-state index contributed by atoms with van der Waals surface area (Å²) < 4.78 is 5.60. The third-order valence-electron chi connectivity index (χ3n) is 2.15. The molecule has 0 saturated carbocycles. The molecule has 0 aliphatic heterocycles. The Morgan fingerprint density at radius 2 is 2.00 bits per heavy atom. The Kier molecular flexibility index (Phi) is 3.07. The summed E-state index contributed by atoms with van der Waals surface area (Å²) in [6.07, 6.45) is 3.68. The first kappa shape index (κ1) is 10.2. The van der Waals surface area contributed by atoms with Crippen molar-refractivity contribution in [2.45, 2.75) is 19.8 Å². The predicted molar refractivity (Wildman–Crippen MR) is 60.9 cm³/mol. The number of hydrogen-bond donors (Lipinski definition) is 0. The number of halogens is 1. The Bertz CT molecular complexity index is 433. The number of benzene rings is 1.